The quantitative estimate of drug-likeness (QED) is 0.715. The molecule has 3 aliphatic heterocycles. The number of fused-ring (bicyclic) bond motifs is 1. The predicted octanol–water partition coefficient (Wildman–Crippen LogP) is 3.94. The molecular formula is C21H20ClF3N4O. The molecule has 1 aromatic carbocycles. The fourth-order valence-electron chi connectivity index (χ4n) is 4.97. The lowest BCUT2D eigenvalue weighted by atomic mass is 9.77. The van der Waals surface area contributed by atoms with Crippen molar-refractivity contribution in [3.63, 3.8) is 0 Å². The summed E-state index contributed by atoms with van der Waals surface area (Å²) < 4.78 is 40.9. The molecule has 5 nitrogen and oxygen atoms in total. The molecule has 30 heavy (non-hydrogen) atoms. The minimum absolute atomic E-state index is 0.0133. The van der Waals surface area contributed by atoms with Crippen molar-refractivity contribution in [2.75, 3.05) is 31.1 Å². The van der Waals surface area contributed by atoms with Crippen molar-refractivity contribution in [1.29, 1.82) is 0 Å². The highest BCUT2D eigenvalue weighted by Crippen LogP contribution is 2.47. The van der Waals surface area contributed by atoms with Crippen LogP contribution in [0.5, 0.6) is 0 Å². The SMILES string of the molecule is O=C1N2[C@H](c3cc(F)cc(F)c3)CCN2CC12CCN(c1cc(Cl)c(F)cn1)CC2. The molecule has 4 heterocycles. The van der Waals surface area contributed by atoms with Crippen molar-refractivity contribution < 1.29 is 18.0 Å². The minimum Gasteiger partial charge on any atom is -0.357 e. The highest BCUT2D eigenvalue weighted by atomic mass is 35.5. The zero-order valence-corrected chi connectivity index (χ0v) is 16.9. The molecule has 0 bridgehead atoms. The van der Waals surface area contributed by atoms with Gasteiger partial charge in [-0.25, -0.2) is 23.2 Å². The van der Waals surface area contributed by atoms with E-state index in [0.717, 1.165) is 12.3 Å². The van der Waals surface area contributed by atoms with Crippen LogP contribution in [0, 0.1) is 22.9 Å². The first-order chi connectivity index (χ1) is 14.4. The van der Waals surface area contributed by atoms with Gasteiger partial charge in [-0.1, -0.05) is 11.6 Å². The Morgan fingerprint density at radius 1 is 1.03 bits per heavy atom. The van der Waals surface area contributed by atoms with Gasteiger partial charge in [-0.2, -0.15) is 0 Å². The number of carbonyl (C=O) groups excluding carboxylic acids is 1. The van der Waals surface area contributed by atoms with Gasteiger partial charge in [0.15, 0.2) is 5.82 Å². The van der Waals surface area contributed by atoms with E-state index < -0.39 is 22.9 Å². The van der Waals surface area contributed by atoms with Gasteiger partial charge in [0.25, 0.3) is 0 Å². The fourth-order valence-corrected chi connectivity index (χ4v) is 5.12. The van der Waals surface area contributed by atoms with Crippen molar-refractivity contribution in [1.82, 2.24) is 15.0 Å². The number of rotatable bonds is 2. The molecule has 5 rings (SSSR count). The Morgan fingerprint density at radius 2 is 1.73 bits per heavy atom. The van der Waals surface area contributed by atoms with E-state index >= 15 is 0 Å². The lowest BCUT2D eigenvalue weighted by Gasteiger charge is -2.38. The van der Waals surface area contributed by atoms with Crippen molar-refractivity contribution in [3.8, 4) is 0 Å². The lowest BCUT2D eigenvalue weighted by Crippen LogP contribution is -2.46. The van der Waals surface area contributed by atoms with E-state index in [1.54, 1.807) is 5.01 Å². The summed E-state index contributed by atoms with van der Waals surface area (Å²) in [5.74, 6) is -1.23. The third-order valence-electron chi connectivity index (χ3n) is 6.52. The number of anilines is 1. The molecule has 1 spiro atoms. The van der Waals surface area contributed by atoms with Crippen molar-refractivity contribution >= 4 is 23.3 Å². The van der Waals surface area contributed by atoms with Crippen LogP contribution in [0.4, 0.5) is 19.0 Å². The third-order valence-corrected chi connectivity index (χ3v) is 6.81. The maximum Gasteiger partial charge on any atom is 0.245 e. The largest absolute Gasteiger partial charge is 0.357 e. The van der Waals surface area contributed by atoms with Crippen LogP contribution in [-0.2, 0) is 4.79 Å². The molecule has 3 fully saturated rings. The lowest BCUT2D eigenvalue weighted by molar-refractivity contribution is -0.143. The van der Waals surface area contributed by atoms with Crippen LogP contribution in [0.1, 0.15) is 30.9 Å². The van der Waals surface area contributed by atoms with E-state index in [0.29, 0.717) is 56.8 Å². The van der Waals surface area contributed by atoms with Gasteiger partial charge in [-0.05, 0) is 37.0 Å². The van der Waals surface area contributed by atoms with E-state index in [4.69, 9.17) is 11.6 Å². The molecule has 0 saturated carbocycles. The maximum absolute atomic E-state index is 13.7. The first-order valence-electron chi connectivity index (χ1n) is 9.97. The van der Waals surface area contributed by atoms with Crippen LogP contribution in [-0.4, -0.2) is 47.1 Å². The Bertz CT molecular complexity index is 991. The van der Waals surface area contributed by atoms with Crippen LogP contribution in [0.25, 0.3) is 0 Å². The number of hydrogen-bond donors (Lipinski definition) is 0. The Balaban J connectivity index is 1.34. The topological polar surface area (TPSA) is 39.7 Å². The molecule has 3 saturated heterocycles. The maximum atomic E-state index is 13.7. The summed E-state index contributed by atoms with van der Waals surface area (Å²) in [6, 6.07) is 4.61. The average Bonchev–Trinajstić information content (AvgIpc) is 3.23. The van der Waals surface area contributed by atoms with Gasteiger partial charge >= 0.3 is 0 Å². The Morgan fingerprint density at radius 3 is 2.40 bits per heavy atom. The van der Waals surface area contributed by atoms with E-state index in [2.05, 4.69) is 4.98 Å². The predicted molar refractivity (Wildman–Crippen MR) is 105 cm³/mol. The van der Waals surface area contributed by atoms with Crippen LogP contribution < -0.4 is 4.90 Å². The number of hydrazine groups is 1. The summed E-state index contributed by atoms with van der Waals surface area (Å²) in [5.41, 5.74) is -0.0341. The number of halogens is 4. The first kappa shape index (κ1) is 19.6. The van der Waals surface area contributed by atoms with Crippen molar-refractivity contribution in [2.45, 2.75) is 25.3 Å². The molecule has 0 unspecified atom stereocenters. The summed E-state index contributed by atoms with van der Waals surface area (Å²) in [7, 11) is 0. The summed E-state index contributed by atoms with van der Waals surface area (Å²) >= 11 is 5.88. The van der Waals surface area contributed by atoms with E-state index in [1.165, 1.54) is 18.2 Å². The number of amides is 1. The summed E-state index contributed by atoms with van der Waals surface area (Å²) in [6.07, 6.45) is 3.00. The van der Waals surface area contributed by atoms with Gasteiger partial charge in [0.2, 0.25) is 5.91 Å². The van der Waals surface area contributed by atoms with Gasteiger partial charge in [0.1, 0.15) is 17.5 Å². The fraction of sp³-hybridized carbons (Fsp3) is 0.429. The summed E-state index contributed by atoms with van der Waals surface area (Å²) in [5, 5.41) is 3.74. The molecule has 1 aromatic heterocycles. The molecule has 3 aliphatic rings. The van der Waals surface area contributed by atoms with Crippen LogP contribution in [0.3, 0.4) is 0 Å². The molecule has 1 amide bonds. The van der Waals surface area contributed by atoms with Gasteiger partial charge in [0, 0.05) is 38.3 Å². The van der Waals surface area contributed by atoms with Gasteiger partial charge < -0.3 is 4.90 Å². The molecular weight excluding hydrogens is 417 g/mol. The van der Waals surface area contributed by atoms with Crippen molar-refractivity contribution in [3.05, 3.63) is 58.5 Å². The van der Waals surface area contributed by atoms with Gasteiger partial charge in [0.05, 0.1) is 22.7 Å². The smallest absolute Gasteiger partial charge is 0.245 e. The second-order valence-electron chi connectivity index (χ2n) is 8.27. The van der Waals surface area contributed by atoms with Crippen LogP contribution in [0.15, 0.2) is 30.5 Å². The summed E-state index contributed by atoms with van der Waals surface area (Å²) in [4.78, 5) is 19.6. The van der Waals surface area contributed by atoms with Crippen molar-refractivity contribution in [2.24, 2.45) is 5.41 Å². The van der Waals surface area contributed by atoms with Crippen LogP contribution in [0.2, 0.25) is 5.02 Å². The Hall–Kier alpha value is -2.32. The van der Waals surface area contributed by atoms with Gasteiger partial charge in [-0.15, -0.1) is 0 Å². The number of pyridine rings is 1. The second kappa shape index (κ2) is 7.13. The van der Waals surface area contributed by atoms with E-state index in [-0.39, 0.29) is 17.0 Å². The molecule has 0 radical (unpaired) electrons. The molecule has 0 N–H and O–H groups in total. The molecule has 2 aromatic rings. The number of hydrogen-bond acceptors (Lipinski definition) is 4. The van der Waals surface area contributed by atoms with E-state index in [1.807, 2.05) is 9.91 Å². The second-order valence-corrected chi connectivity index (χ2v) is 8.68. The van der Waals surface area contributed by atoms with Crippen LogP contribution >= 0.6 is 11.6 Å². The molecule has 9 heteroatoms. The minimum atomic E-state index is -0.636. The zero-order chi connectivity index (χ0) is 21.0. The number of aromatic nitrogens is 1. The normalized spacial score (nSPS) is 23.5. The highest BCUT2D eigenvalue weighted by molar-refractivity contribution is 6.30. The number of carbonyl (C=O) groups is 1. The highest BCUT2D eigenvalue weighted by Gasteiger charge is 2.56. The average molecular weight is 437 g/mol. The van der Waals surface area contributed by atoms with Gasteiger partial charge in [-0.3, -0.25) is 9.80 Å². The molecule has 158 valence electrons. The first-order valence-corrected chi connectivity index (χ1v) is 10.3. The van der Waals surface area contributed by atoms with E-state index in [9.17, 15) is 18.0 Å². The number of nitrogens with zero attached hydrogens (tertiary/aromatic N) is 4. The third kappa shape index (κ3) is 3.13. The standard InChI is InChI=1S/C21H20ClF3N4O/c22-16-10-19(26-11-17(16)25)27-5-2-21(3-6-27)12-28-4-1-18(29(28)20(21)30)13-7-14(23)9-15(24)8-13/h7-11,18H,1-6,12H2/t18-/m0/s1. The summed E-state index contributed by atoms with van der Waals surface area (Å²) in [6.45, 7) is 2.48. The monoisotopic (exact) mass is 436 g/mol. The number of piperidine rings is 1. The molecule has 1 atom stereocenters. The Labute approximate surface area is 177 Å². The number of benzene rings is 1. The Kier molecular flexibility index (Phi) is 4.67. The zero-order valence-electron chi connectivity index (χ0n) is 16.1. The molecule has 0 aliphatic carbocycles.